The number of rotatable bonds is 4. The molecule has 9 nitrogen and oxygen atoms in total. The summed E-state index contributed by atoms with van der Waals surface area (Å²) in [5.74, 6) is -1.18. The summed E-state index contributed by atoms with van der Waals surface area (Å²) in [6.07, 6.45) is -3.80. The van der Waals surface area contributed by atoms with E-state index in [1.54, 1.807) is 11.0 Å². The third-order valence-corrected chi connectivity index (χ3v) is 5.16. The van der Waals surface area contributed by atoms with Crippen LogP contribution >= 0.6 is 0 Å². The second-order valence-corrected chi connectivity index (χ2v) is 7.14. The molecule has 1 saturated heterocycles. The Hall–Kier alpha value is -3.88. The summed E-state index contributed by atoms with van der Waals surface area (Å²) in [5.41, 5.74) is 0.372. The molecule has 0 spiro atoms. The normalized spacial score (nSPS) is 14.9. The lowest BCUT2D eigenvalue weighted by molar-refractivity contribution is -0.146. The molecule has 1 aliphatic rings. The minimum absolute atomic E-state index is 0.00379. The third kappa shape index (κ3) is 4.14. The van der Waals surface area contributed by atoms with Gasteiger partial charge in [0.05, 0.1) is 24.7 Å². The molecule has 2 aromatic heterocycles. The Balaban J connectivity index is 1.43. The first-order valence-electron chi connectivity index (χ1n) is 9.64. The number of benzene rings is 1. The van der Waals surface area contributed by atoms with Crippen LogP contribution in [0, 0.1) is 17.2 Å². The van der Waals surface area contributed by atoms with Gasteiger partial charge in [-0.25, -0.2) is 0 Å². The maximum absolute atomic E-state index is 13.1. The molecule has 0 atom stereocenters. The maximum atomic E-state index is 13.1. The number of halogens is 3. The van der Waals surface area contributed by atoms with Crippen LogP contribution in [0.25, 0.3) is 5.65 Å². The van der Waals surface area contributed by atoms with Gasteiger partial charge in [0.25, 0.3) is 5.82 Å². The topological polar surface area (TPSA) is 106 Å². The molecule has 0 aliphatic carbocycles. The maximum Gasteiger partial charge on any atom is 0.453 e. The first-order chi connectivity index (χ1) is 15.3. The number of aromatic nitrogens is 4. The number of hydrogen-bond donors (Lipinski definition) is 0. The van der Waals surface area contributed by atoms with Crippen molar-refractivity contribution >= 4 is 17.4 Å². The predicted molar refractivity (Wildman–Crippen MR) is 104 cm³/mol. The third-order valence-electron chi connectivity index (χ3n) is 5.16. The molecule has 0 unspecified atom stereocenters. The molecule has 12 heteroatoms. The molecular formula is C20H17F3N6O3. The Labute approximate surface area is 180 Å². The van der Waals surface area contributed by atoms with E-state index < -0.39 is 23.9 Å². The fourth-order valence-corrected chi connectivity index (χ4v) is 3.48. The molecule has 0 amide bonds. The molecular weight excluding hydrogens is 429 g/mol. The first-order valence-corrected chi connectivity index (χ1v) is 9.64. The fourth-order valence-electron chi connectivity index (χ4n) is 3.48. The van der Waals surface area contributed by atoms with Gasteiger partial charge in [0.15, 0.2) is 17.1 Å². The lowest BCUT2D eigenvalue weighted by Gasteiger charge is -2.31. The highest BCUT2D eigenvalue weighted by Crippen LogP contribution is 2.31. The Morgan fingerprint density at radius 1 is 1.16 bits per heavy atom. The molecule has 0 saturated carbocycles. The summed E-state index contributed by atoms with van der Waals surface area (Å²) in [7, 11) is 1.41. The van der Waals surface area contributed by atoms with Crippen LogP contribution in [0.3, 0.4) is 0 Å². The smallest absolute Gasteiger partial charge is 0.453 e. The van der Waals surface area contributed by atoms with Crippen LogP contribution in [0.4, 0.5) is 19.0 Å². The standard InChI is InChI=1S/C20H17F3N6O3/c1-31-15-10-12(11-24)2-3-14(15)32-18(30)13-6-8-28(9-7-13)17-5-4-16-25-26-19(20(21,22)23)29(16)27-17/h2-5,10,13H,6-9H2,1H3. The average molecular weight is 446 g/mol. The van der Waals surface area contributed by atoms with Crippen LogP contribution in [0.1, 0.15) is 24.2 Å². The number of esters is 1. The van der Waals surface area contributed by atoms with E-state index in [9.17, 15) is 18.0 Å². The van der Waals surface area contributed by atoms with Gasteiger partial charge in [-0.1, -0.05) is 0 Å². The molecule has 32 heavy (non-hydrogen) atoms. The van der Waals surface area contributed by atoms with Crippen LogP contribution in [0.5, 0.6) is 11.5 Å². The summed E-state index contributed by atoms with van der Waals surface area (Å²) < 4.78 is 50.6. The largest absolute Gasteiger partial charge is 0.493 e. The van der Waals surface area contributed by atoms with Crippen LogP contribution in [0.2, 0.25) is 0 Å². The Morgan fingerprint density at radius 3 is 2.56 bits per heavy atom. The van der Waals surface area contributed by atoms with Gasteiger partial charge in [-0.05, 0) is 37.1 Å². The summed E-state index contributed by atoms with van der Waals surface area (Å²) in [6.45, 7) is 0.818. The van der Waals surface area contributed by atoms with Gasteiger partial charge in [0, 0.05) is 19.2 Å². The second-order valence-electron chi connectivity index (χ2n) is 7.14. The minimum Gasteiger partial charge on any atom is -0.493 e. The molecule has 3 aromatic rings. The number of fused-ring (bicyclic) bond motifs is 1. The highest BCUT2D eigenvalue weighted by molar-refractivity contribution is 5.76. The molecule has 0 bridgehead atoms. The summed E-state index contributed by atoms with van der Waals surface area (Å²) >= 11 is 0. The Bertz CT molecular complexity index is 1200. The van der Waals surface area contributed by atoms with Crippen molar-refractivity contribution in [3.8, 4) is 17.6 Å². The van der Waals surface area contributed by atoms with E-state index >= 15 is 0 Å². The highest BCUT2D eigenvalue weighted by atomic mass is 19.4. The van der Waals surface area contributed by atoms with E-state index in [-0.39, 0.29) is 17.1 Å². The number of methoxy groups -OCH3 is 1. The predicted octanol–water partition coefficient (Wildman–Crippen LogP) is 2.85. The number of hydrogen-bond acceptors (Lipinski definition) is 8. The lowest BCUT2D eigenvalue weighted by atomic mass is 9.97. The van der Waals surface area contributed by atoms with Crippen LogP contribution < -0.4 is 14.4 Å². The van der Waals surface area contributed by atoms with Crippen LogP contribution in [-0.4, -0.2) is 46.0 Å². The highest BCUT2D eigenvalue weighted by Gasteiger charge is 2.38. The van der Waals surface area contributed by atoms with Crippen LogP contribution in [-0.2, 0) is 11.0 Å². The van der Waals surface area contributed by atoms with Crippen molar-refractivity contribution < 1.29 is 27.4 Å². The van der Waals surface area contributed by atoms with E-state index in [4.69, 9.17) is 14.7 Å². The number of carbonyl (C=O) groups excluding carboxylic acids is 1. The molecule has 1 fully saturated rings. The quantitative estimate of drug-likeness (QED) is 0.445. The van der Waals surface area contributed by atoms with Crippen molar-refractivity contribution in [2.45, 2.75) is 19.0 Å². The van der Waals surface area contributed by atoms with Crippen molar-refractivity contribution in [3.05, 3.63) is 41.7 Å². The van der Waals surface area contributed by atoms with E-state index in [0.717, 1.165) is 0 Å². The first kappa shape index (κ1) is 21.4. The number of anilines is 1. The SMILES string of the molecule is COc1cc(C#N)ccc1OC(=O)C1CCN(c2ccc3nnc(C(F)(F)F)n3n2)CC1. The molecule has 4 rings (SSSR count). The van der Waals surface area contributed by atoms with Crippen molar-refractivity contribution in [2.75, 3.05) is 25.1 Å². The molecule has 1 aromatic carbocycles. The van der Waals surface area contributed by atoms with Gasteiger partial charge in [0.1, 0.15) is 5.82 Å². The van der Waals surface area contributed by atoms with Gasteiger partial charge >= 0.3 is 12.1 Å². The number of nitriles is 1. The van der Waals surface area contributed by atoms with Gasteiger partial charge in [0.2, 0.25) is 0 Å². The monoisotopic (exact) mass is 446 g/mol. The Morgan fingerprint density at radius 2 is 1.91 bits per heavy atom. The van der Waals surface area contributed by atoms with Crippen LogP contribution in [0.15, 0.2) is 30.3 Å². The van der Waals surface area contributed by atoms with Gasteiger partial charge < -0.3 is 14.4 Å². The van der Waals surface area contributed by atoms with E-state index in [2.05, 4.69) is 15.3 Å². The minimum atomic E-state index is -4.67. The van der Waals surface area contributed by atoms with Gasteiger partial charge in [-0.2, -0.15) is 22.9 Å². The number of carbonyl (C=O) groups is 1. The summed E-state index contributed by atoms with van der Waals surface area (Å²) in [5, 5.41) is 19.7. The zero-order chi connectivity index (χ0) is 22.9. The second kappa shape index (κ2) is 8.33. The van der Waals surface area contributed by atoms with E-state index in [1.807, 2.05) is 6.07 Å². The van der Waals surface area contributed by atoms with Crippen molar-refractivity contribution in [1.29, 1.82) is 5.26 Å². The van der Waals surface area contributed by atoms with Gasteiger partial charge in [-0.3, -0.25) is 4.79 Å². The number of alkyl halides is 3. The zero-order valence-electron chi connectivity index (χ0n) is 16.8. The average Bonchev–Trinajstić information content (AvgIpc) is 3.23. The lowest BCUT2D eigenvalue weighted by Crippen LogP contribution is -2.38. The summed E-state index contributed by atoms with van der Waals surface area (Å²) in [6, 6.07) is 9.48. The van der Waals surface area contributed by atoms with Crippen molar-refractivity contribution in [1.82, 2.24) is 19.8 Å². The molecule has 0 N–H and O–H groups in total. The number of nitrogens with zero attached hydrogens (tertiary/aromatic N) is 6. The Kier molecular flexibility index (Phi) is 5.56. The molecule has 0 radical (unpaired) electrons. The molecule has 1 aliphatic heterocycles. The van der Waals surface area contributed by atoms with Crippen molar-refractivity contribution in [2.24, 2.45) is 5.92 Å². The fraction of sp³-hybridized carbons (Fsp3) is 0.350. The number of ether oxygens (including phenoxy) is 2. The summed E-state index contributed by atoms with van der Waals surface area (Å²) in [4.78, 5) is 14.4. The molecule has 166 valence electrons. The van der Waals surface area contributed by atoms with Gasteiger partial charge in [-0.15, -0.1) is 15.3 Å². The zero-order valence-corrected chi connectivity index (χ0v) is 16.8. The van der Waals surface area contributed by atoms with E-state index in [0.29, 0.717) is 41.8 Å². The number of piperidine rings is 1. The van der Waals surface area contributed by atoms with E-state index in [1.165, 1.54) is 31.4 Å². The molecule has 3 heterocycles. The van der Waals surface area contributed by atoms with Crippen molar-refractivity contribution in [3.63, 3.8) is 0 Å².